The molecule has 8 rings (SSSR count). The Labute approximate surface area is 367 Å². The molecule has 9 heteroatoms. The van der Waals surface area contributed by atoms with Crippen LogP contribution in [0.3, 0.4) is 0 Å². The first kappa shape index (κ1) is 45.0. The minimum absolute atomic E-state index is 0.00352. The number of allylic oxidation sites excluding steroid dienone is 1. The smallest absolute Gasteiger partial charge is 0.309 e. The van der Waals surface area contributed by atoms with Crippen molar-refractivity contribution < 1.29 is 29.3 Å². The molecule has 9 nitrogen and oxygen atoms in total. The number of carbonyl (C=O) groups is 3. The summed E-state index contributed by atoms with van der Waals surface area (Å²) in [6, 6.07) is 8.94. The lowest BCUT2D eigenvalue weighted by molar-refractivity contribution is -0.238. The number of ketones is 1. The van der Waals surface area contributed by atoms with Crippen LogP contribution in [0.4, 0.5) is 0 Å². The van der Waals surface area contributed by atoms with Crippen molar-refractivity contribution in [2.75, 3.05) is 39.8 Å². The third kappa shape index (κ3) is 7.11. The van der Waals surface area contributed by atoms with E-state index in [0.717, 1.165) is 89.7 Å². The van der Waals surface area contributed by atoms with E-state index in [1.165, 1.54) is 16.7 Å². The summed E-state index contributed by atoms with van der Waals surface area (Å²) in [6.45, 7) is 27.1. The van der Waals surface area contributed by atoms with E-state index in [9.17, 15) is 24.6 Å². The number of aliphatic hydroxyl groups is 1. The number of ether oxygens (including phenoxy) is 1. The van der Waals surface area contributed by atoms with Gasteiger partial charge in [0.2, 0.25) is 0 Å². The van der Waals surface area contributed by atoms with Crippen LogP contribution in [-0.2, 0) is 32.2 Å². The maximum atomic E-state index is 14.2. The van der Waals surface area contributed by atoms with Crippen molar-refractivity contribution in [2.45, 2.75) is 152 Å². The van der Waals surface area contributed by atoms with Crippen LogP contribution < -0.4 is 5.32 Å². The molecular formula is C52H79N3O6. The zero-order valence-electron chi connectivity index (χ0n) is 39.4. The number of piperazine rings is 1. The van der Waals surface area contributed by atoms with E-state index < -0.39 is 28.8 Å². The molecule has 1 heterocycles. The van der Waals surface area contributed by atoms with Crippen molar-refractivity contribution in [3.63, 3.8) is 0 Å². The minimum Gasteiger partial charge on any atom is -0.481 e. The number of aliphatic carboxylic acids is 1. The second-order valence-electron chi connectivity index (χ2n) is 23.7. The number of fused-ring (bicyclic) bond motifs is 7. The highest BCUT2D eigenvalue weighted by Crippen LogP contribution is 2.77. The second kappa shape index (κ2) is 15.8. The van der Waals surface area contributed by atoms with E-state index in [1.54, 1.807) is 0 Å². The molecule has 1 aliphatic heterocycles. The Morgan fingerprint density at radius 3 is 2.13 bits per heavy atom. The molecule has 6 fully saturated rings. The van der Waals surface area contributed by atoms with Gasteiger partial charge >= 0.3 is 11.9 Å². The number of nitrogens with zero attached hydrogens (tertiary/aromatic N) is 2. The standard InChI is InChI=1S/C52H79N3O6/c1-32(2)43-38(56)28-52(41(57)30-53-29-33-11-13-34(14-12-33)31-55-25-23-54(10)24-26-55)22-21-50(8)35(44(43)52)15-16-40-49(7)19-18-42(48(5,6)39(49)17-20-51(40,50)9)61-46(60)37-27-36(45(58)59)47(37,3)4/h11-14,32,35-37,39-42,53,57H,15-31H2,1-10H3,(H,58,59)/t35-,36+,37-,39+,40-,41+,42+,49+,50-,51-,52+/m1/s1. The highest BCUT2D eigenvalue weighted by Gasteiger charge is 2.71. The minimum atomic E-state index is -0.825. The lowest BCUT2D eigenvalue weighted by Crippen LogP contribution is -2.66. The molecule has 6 aliphatic carbocycles. The van der Waals surface area contributed by atoms with E-state index in [2.05, 4.69) is 94.9 Å². The average Bonchev–Trinajstić information content (AvgIpc) is 3.50. The number of rotatable bonds is 11. The first-order valence-corrected chi connectivity index (χ1v) is 24.2. The molecule has 61 heavy (non-hydrogen) atoms. The van der Waals surface area contributed by atoms with Gasteiger partial charge in [-0.05, 0) is 127 Å². The molecule has 7 aliphatic rings. The molecule has 338 valence electrons. The number of carboxylic acid groups (broad SMARTS) is 1. The Kier molecular flexibility index (Phi) is 11.7. The van der Waals surface area contributed by atoms with Crippen molar-refractivity contribution in [1.29, 1.82) is 0 Å². The Morgan fingerprint density at radius 1 is 0.820 bits per heavy atom. The van der Waals surface area contributed by atoms with Gasteiger partial charge < -0.3 is 25.2 Å². The molecule has 0 radical (unpaired) electrons. The molecule has 3 N–H and O–H groups in total. The molecule has 0 amide bonds. The summed E-state index contributed by atoms with van der Waals surface area (Å²) in [6.07, 6.45) is 7.98. The largest absolute Gasteiger partial charge is 0.481 e. The van der Waals surface area contributed by atoms with Crippen molar-refractivity contribution >= 4 is 17.7 Å². The van der Waals surface area contributed by atoms with E-state index in [1.807, 2.05) is 13.8 Å². The van der Waals surface area contributed by atoms with Crippen molar-refractivity contribution in [2.24, 2.45) is 68.0 Å². The molecule has 1 aromatic carbocycles. The van der Waals surface area contributed by atoms with Crippen LogP contribution >= 0.6 is 0 Å². The molecule has 5 saturated carbocycles. The lowest BCUT2D eigenvalue weighted by atomic mass is 9.33. The van der Waals surface area contributed by atoms with Gasteiger partial charge in [0.15, 0.2) is 5.78 Å². The normalized spacial score (nSPS) is 40.0. The summed E-state index contributed by atoms with van der Waals surface area (Å²) < 4.78 is 6.44. The fourth-order valence-electron chi connectivity index (χ4n) is 15.8. The SMILES string of the molecule is CC(C)C1=C2[C@H]3CC[C@@H]4[C@@]5(C)CC[C@H](OC(=O)[C@H]6C[C@@H](C(=O)O)C6(C)C)C(C)(C)[C@@H]5CC[C@@]4(C)[C@]3(C)CC[C@@]2([C@@H](O)CNCc2ccc(CN3CCN(C)CC3)cc2)CC1=O. The summed E-state index contributed by atoms with van der Waals surface area (Å²) >= 11 is 0. The van der Waals surface area contributed by atoms with Crippen LogP contribution in [0.25, 0.3) is 0 Å². The number of Topliss-reactive ketones (excluding diaryl/α,β-unsaturated/α-hetero) is 1. The highest BCUT2D eigenvalue weighted by molar-refractivity contribution is 6.00. The van der Waals surface area contributed by atoms with Gasteiger partial charge in [-0.1, -0.05) is 92.2 Å². The number of carbonyl (C=O) groups excluding carboxylic acids is 2. The number of esters is 1. The molecular weight excluding hydrogens is 763 g/mol. The van der Waals surface area contributed by atoms with Gasteiger partial charge in [-0.2, -0.15) is 0 Å². The van der Waals surface area contributed by atoms with Crippen molar-refractivity contribution in [3.05, 3.63) is 46.5 Å². The summed E-state index contributed by atoms with van der Waals surface area (Å²) in [5, 5.41) is 25.7. The van der Waals surface area contributed by atoms with Crippen LogP contribution in [0.15, 0.2) is 35.4 Å². The van der Waals surface area contributed by atoms with E-state index in [4.69, 9.17) is 4.74 Å². The number of benzene rings is 1. The summed E-state index contributed by atoms with van der Waals surface area (Å²) in [4.78, 5) is 44.6. The molecule has 0 bridgehead atoms. The molecule has 1 aromatic rings. The van der Waals surface area contributed by atoms with E-state index >= 15 is 0 Å². The van der Waals surface area contributed by atoms with Gasteiger partial charge in [0.25, 0.3) is 0 Å². The van der Waals surface area contributed by atoms with Gasteiger partial charge in [0.1, 0.15) is 6.10 Å². The third-order valence-corrected chi connectivity index (χ3v) is 19.9. The maximum absolute atomic E-state index is 14.2. The quantitative estimate of drug-likeness (QED) is 0.189. The molecule has 0 spiro atoms. The van der Waals surface area contributed by atoms with Gasteiger partial charge in [-0.3, -0.25) is 19.3 Å². The van der Waals surface area contributed by atoms with Crippen LogP contribution in [0.2, 0.25) is 0 Å². The maximum Gasteiger partial charge on any atom is 0.309 e. The number of likely N-dealkylation sites (N-methyl/N-ethyl adjacent to an activating group) is 1. The van der Waals surface area contributed by atoms with Gasteiger partial charge in [-0.15, -0.1) is 0 Å². The average molecular weight is 842 g/mol. The highest BCUT2D eigenvalue weighted by atomic mass is 16.5. The van der Waals surface area contributed by atoms with Crippen LogP contribution in [-0.4, -0.2) is 89.7 Å². The zero-order chi connectivity index (χ0) is 44.1. The first-order valence-electron chi connectivity index (χ1n) is 24.2. The van der Waals surface area contributed by atoms with E-state index in [0.29, 0.717) is 37.8 Å². The number of hydrogen-bond acceptors (Lipinski definition) is 8. The Balaban J connectivity index is 0.969. The van der Waals surface area contributed by atoms with Crippen LogP contribution in [0.5, 0.6) is 0 Å². The third-order valence-electron chi connectivity index (χ3n) is 19.9. The fraction of sp³-hybridized carbons (Fsp3) is 0.788. The molecule has 1 saturated heterocycles. The number of carboxylic acids is 1. The Bertz CT molecular complexity index is 1900. The topological polar surface area (TPSA) is 119 Å². The van der Waals surface area contributed by atoms with Crippen molar-refractivity contribution in [3.8, 4) is 0 Å². The summed E-state index contributed by atoms with van der Waals surface area (Å²) in [5.41, 5.74) is 3.69. The van der Waals surface area contributed by atoms with Gasteiger partial charge in [-0.25, -0.2) is 0 Å². The van der Waals surface area contributed by atoms with Crippen molar-refractivity contribution in [1.82, 2.24) is 15.1 Å². The van der Waals surface area contributed by atoms with Gasteiger partial charge in [0.05, 0.1) is 17.9 Å². The lowest BCUT2D eigenvalue weighted by Gasteiger charge is -2.72. The monoisotopic (exact) mass is 842 g/mol. The molecule has 0 aromatic heterocycles. The number of aliphatic hydroxyl groups excluding tert-OH is 1. The fourth-order valence-corrected chi connectivity index (χ4v) is 15.8. The number of nitrogens with one attached hydrogen (secondary N) is 1. The van der Waals surface area contributed by atoms with Crippen LogP contribution in [0, 0.1) is 68.0 Å². The Morgan fingerprint density at radius 2 is 1.49 bits per heavy atom. The summed E-state index contributed by atoms with van der Waals surface area (Å²) in [5.74, 6) is -0.387. The molecule has 0 unspecified atom stereocenters. The van der Waals surface area contributed by atoms with Crippen LogP contribution in [0.1, 0.15) is 138 Å². The summed E-state index contributed by atoms with van der Waals surface area (Å²) in [7, 11) is 2.19. The number of hydrogen-bond donors (Lipinski definition) is 3. The van der Waals surface area contributed by atoms with E-state index in [-0.39, 0.29) is 57.3 Å². The predicted molar refractivity (Wildman–Crippen MR) is 239 cm³/mol. The van der Waals surface area contributed by atoms with Gasteiger partial charge in [0, 0.05) is 63.1 Å². The zero-order valence-corrected chi connectivity index (χ0v) is 39.4. The first-order chi connectivity index (χ1) is 28.6. The predicted octanol–water partition coefficient (Wildman–Crippen LogP) is 8.52. The molecule has 11 atom stereocenters. The second-order valence-corrected chi connectivity index (χ2v) is 23.7. The Hall–Kier alpha value is -2.59.